The molecule has 0 unspecified atom stereocenters. The molecule has 2 aromatic rings. The number of rotatable bonds is 3. The van der Waals surface area contributed by atoms with E-state index >= 15 is 0 Å². The van der Waals surface area contributed by atoms with Crippen molar-refractivity contribution < 1.29 is 4.74 Å². The molecule has 0 radical (unpaired) electrons. The van der Waals surface area contributed by atoms with Gasteiger partial charge in [-0.05, 0) is 32.0 Å². The SMILES string of the molecule is COc1ccc(Cl)c(Nc2nc(C)cc(C)n2)c1. The van der Waals surface area contributed by atoms with Crippen molar-refractivity contribution in [3.8, 4) is 5.75 Å². The van der Waals surface area contributed by atoms with E-state index in [0.717, 1.165) is 22.8 Å². The van der Waals surface area contributed by atoms with E-state index < -0.39 is 0 Å². The van der Waals surface area contributed by atoms with Crippen molar-refractivity contribution in [2.45, 2.75) is 13.8 Å². The fourth-order valence-corrected chi connectivity index (χ4v) is 1.79. The van der Waals surface area contributed by atoms with Crippen molar-refractivity contribution in [1.29, 1.82) is 0 Å². The molecule has 0 atom stereocenters. The van der Waals surface area contributed by atoms with E-state index in [0.29, 0.717) is 11.0 Å². The highest BCUT2D eigenvalue weighted by atomic mass is 35.5. The quantitative estimate of drug-likeness (QED) is 0.921. The summed E-state index contributed by atoms with van der Waals surface area (Å²) in [6.45, 7) is 3.85. The maximum atomic E-state index is 6.11. The van der Waals surface area contributed by atoms with Gasteiger partial charge in [-0.1, -0.05) is 11.6 Å². The number of anilines is 2. The molecule has 0 bridgehead atoms. The predicted molar refractivity (Wildman–Crippen MR) is 72.8 cm³/mol. The Balaban J connectivity index is 2.33. The summed E-state index contributed by atoms with van der Waals surface area (Å²) in [5.74, 6) is 1.26. The maximum Gasteiger partial charge on any atom is 0.227 e. The Morgan fingerprint density at radius 1 is 1.11 bits per heavy atom. The zero-order valence-electron chi connectivity index (χ0n) is 10.5. The Hall–Kier alpha value is -1.81. The van der Waals surface area contributed by atoms with Crippen LogP contribution in [-0.2, 0) is 0 Å². The molecule has 1 aromatic carbocycles. The summed E-state index contributed by atoms with van der Waals surface area (Å²) in [5.41, 5.74) is 2.54. The third-order valence-corrected chi connectivity index (χ3v) is 2.73. The van der Waals surface area contributed by atoms with Gasteiger partial charge in [-0.25, -0.2) is 9.97 Å². The second-order valence-corrected chi connectivity index (χ2v) is 4.35. The summed E-state index contributed by atoms with van der Waals surface area (Å²) >= 11 is 6.11. The van der Waals surface area contributed by atoms with Crippen molar-refractivity contribution in [3.05, 3.63) is 40.7 Å². The Labute approximate surface area is 111 Å². The Morgan fingerprint density at radius 3 is 2.39 bits per heavy atom. The number of nitrogens with one attached hydrogen (secondary N) is 1. The van der Waals surface area contributed by atoms with E-state index in [4.69, 9.17) is 16.3 Å². The molecule has 0 aliphatic heterocycles. The van der Waals surface area contributed by atoms with E-state index in [1.54, 1.807) is 19.2 Å². The molecule has 4 nitrogen and oxygen atoms in total. The number of hydrogen-bond acceptors (Lipinski definition) is 4. The van der Waals surface area contributed by atoms with E-state index in [2.05, 4.69) is 15.3 Å². The first-order valence-corrected chi connectivity index (χ1v) is 5.89. The first-order chi connectivity index (χ1) is 8.58. The lowest BCUT2D eigenvalue weighted by atomic mass is 10.3. The van der Waals surface area contributed by atoms with Gasteiger partial charge in [0.15, 0.2) is 0 Å². The third kappa shape index (κ3) is 2.90. The van der Waals surface area contributed by atoms with E-state index in [9.17, 15) is 0 Å². The van der Waals surface area contributed by atoms with Crippen LogP contribution in [-0.4, -0.2) is 17.1 Å². The number of methoxy groups -OCH3 is 1. The average molecular weight is 264 g/mol. The number of hydrogen-bond donors (Lipinski definition) is 1. The Morgan fingerprint density at radius 2 is 1.78 bits per heavy atom. The summed E-state index contributed by atoms with van der Waals surface area (Å²) < 4.78 is 5.16. The van der Waals surface area contributed by atoms with Crippen LogP contribution in [0.4, 0.5) is 11.6 Å². The molecule has 0 aliphatic rings. The van der Waals surface area contributed by atoms with E-state index in [1.165, 1.54) is 0 Å². The van der Waals surface area contributed by atoms with Gasteiger partial charge >= 0.3 is 0 Å². The van der Waals surface area contributed by atoms with Gasteiger partial charge in [0.05, 0.1) is 17.8 Å². The van der Waals surface area contributed by atoms with Crippen molar-refractivity contribution in [3.63, 3.8) is 0 Å². The number of ether oxygens (including phenoxy) is 1. The van der Waals surface area contributed by atoms with Crippen LogP contribution in [0.3, 0.4) is 0 Å². The molecule has 0 saturated carbocycles. The topological polar surface area (TPSA) is 47.0 Å². The minimum absolute atomic E-state index is 0.530. The van der Waals surface area contributed by atoms with Crippen molar-refractivity contribution in [2.24, 2.45) is 0 Å². The van der Waals surface area contributed by atoms with Gasteiger partial charge in [0.25, 0.3) is 0 Å². The third-order valence-electron chi connectivity index (χ3n) is 2.40. The van der Waals surface area contributed by atoms with Crippen LogP contribution in [0.1, 0.15) is 11.4 Å². The smallest absolute Gasteiger partial charge is 0.227 e. The fourth-order valence-electron chi connectivity index (χ4n) is 1.63. The molecule has 2 rings (SSSR count). The zero-order valence-corrected chi connectivity index (χ0v) is 11.2. The lowest BCUT2D eigenvalue weighted by molar-refractivity contribution is 0.415. The normalized spacial score (nSPS) is 10.2. The second kappa shape index (κ2) is 5.23. The van der Waals surface area contributed by atoms with Gasteiger partial charge < -0.3 is 10.1 Å². The molecule has 18 heavy (non-hydrogen) atoms. The number of aryl methyl sites for hydroxylation is 2. The van der Waals surface area contributed by atoms with Gasteiger partial charge in [0.2, 0.25) is 5.95 Å². The number of benzene rings is 1. The Bertz CT molecular complexity index is 552. The predicted octanol–water partition coefficient (Wildman–Crippen LogP) is 3.50. The van der Waals surface area contributed by atoms with Crippen molar-refractivity contribution in [2.75, 3.05) is 12.4 Å². The highest BCUT2D eigenvalue weighted by Crippen LogP contribution is 2.28. The molecule has 94 valence electrons. The summed E-state index contributed by atoms with van der Waals surface area (Å²) in [5, 5.41) is 3.69. The monoisotopic (exact) mass is 263 g/mol. The standard InChI is InChI=1S/C13H14ClN3O/c1-8-6-9(2)16-13(15-8)17-12-7-10(18-3)4-5-11(12)14/h4-7H,1-3H3,(H,15,16,17). The van der Waals surface area contributed by atoms with Crippen LogP contribution in [0.15, 0.2) is 24.3 Å². The molecular formula is C13H14ClN3O. The largest absolute Gasteiger partial charge is 0.497 e. The lowest BCUT2D eigenvalue weighted by Gasteiger charge is -2.09. The average Bonchev–Trinajstić information content (AvgIpc) is 2.30. The molecule has 1 heterocycles. The second-order valence-electron chi connectivity index (χ2n) is 3.95. The molecule has 0 spiro atoms. The van der Waals surface area contributed by atoms with Crippen LogP contribution in [0.5, 0.6) is 5.75 Å². The molecule has 0 amide bonds. The van der Waals surface area contributed by atoms with Crippen molar-refractivity contribution in [1.82, 2.24) is 9.97 Å². The summed E-state index contributed by atoms with van der Waals surface area (Å²) in [7, 11) is 1.61. The zero-order chi connectivity index (χ0) is 13.1. The van der Waals surface area contributed by atoms with Crippen LogP contribution in [0.25, 0.3) is 0 Å². The molecule has 1 aromatic heterocycles. The summed E-state index contributed by atoms with van der Waals surface area (Å²) in [4.78, 5) is 8.61. The number of halogens is 1. The van der Waals surface area contributed by atoms with Crippen LogP contribution >= 0.6 is 11.6 Å². The van der Waals surface area contributed by atoms with Crippen LogP contribution in [0.2, 0.25) is 5.02 Å². The van der Waals surface area contributed by atoms with Gasteiger partial charge in [-0.15, -0.1) is 0 Å². The summed E-state index contributed by atoms with van der Waals surface area (Å²) in [6, 6.07) is 7.29. The first kappa shape index (κ1) is 12.6. The van der Waals surface area contributed by atoms with Crippen LogP contribution in [0, 0.1) is 13.8 Å². The number of aromatic nitrogens is 2. The van der Waals surface area contributed by atoms with Gasteiger partial charge in [-0.3, -0.25) is 0 Å². The molecule has 0 saturated heterocycles. The summed E-state index contributed by atoms with van der Waals surface area (Å²) in [6.07, 6.45) is 0. The molecule has 0 fully saturated rings. The Kier molecular flexibility index (Phi) is 3.67. The van der Waals surface area contributed by atoms with Gasteiger partial charge in [-0.2, -0.15) is 0 Å². The van der Waals surface area contributed by atoms with E-state index in [-0.39, 0.29) is 0 Å². The van der Waals surface area contributed by atoms with E-state index in [1.807, 2.05) is 26.0 Å². The van der Waals surface area contributed by atoms with Gasteiger partial charge in [0, 0.05) is 17.5 Å². The molecule has 5 heteroatoms. The minimum Gasteiger partial charge on any atom is -0.497 e. The highest BCUT2D eigenvalue weighted by Gasteiger charge is 2.05. The first-order valence-electron chi connectivity index (χ1n) is 5.51. The molecule has 0 aliphatic carbocycles. The number of nitrogens with zero attached hydrogens (tertiary/aromatic N) is 2. The minimum atomic E-state index is 0.530. The highest BCUT2D eigenvalue weighted by molar-refractivity contribution is 6.33. The van der Waals surface area contributed by atoms with Gasteiger partial charge in [0.1, 0.15) is 5.75 Å². The molecule has 1 N–H and O–H groups in total. The van der Waals surface area contributed by atoms with Crippen molar-refractivity contribution >= 4 is 23.2 Å². The fraction of sp³-hybridized carbons (Fsp3) is 0.231. The maximum absolute atomic E-state index is 6.11. The lowest BCUT2D eigenvalue weighted by Crippen LogP contribution is -2.00. The van der Waals surface area contributed by atoms with Crippen LogP contribution < -0.4 is 10.1 Å². The molecular weight excluding hydrogens is 250 g/mol.